The Balaban J connectivity index is 1.23. The van der Waals surface area contributed by atoms with Gasteiger partial charge < -0.3 is 15.0 Å². The summed E-state index contributed by atoms with van der Waals surface area (Å²) in [5.41, 5.74) is 4.37. The second-order valence-corrected chi connectivity index (χ2v) is 12.5. The SMILES string of the molecule is CC(C)N(c1ccccc1)c1ccc(NC(=O)COC(=O)CC2c3ccccc3CCN2S(=O)(=O)c2ccccc2)cc1. The summed E-state index contributed by atoms with van der Waals surface area (Å²) in [6.07, 6.45) is 0.324. The third-order valence-electron chi connectivity index (χ3n) is 7.42. The van der Waals surface area contributed by atoms with Gasteiger partial charge in [-0.1, -0.05) is 60.7 Å². The molecule has 4 aromatic carbocycles. The molecular formula is C34H35N3O5S. The number of benzene rings is 4. The van der Waals surface area contributed by atoms with Crippen molar-refractivity contribution in [3.05, 3.63) is 120 Å². The number of hydrogen-bond donors (Lipinski definition) is 1. The lowest BCUT2D eigenvalue weighted by molar-refractivity contribution is -0.148. The summed E-state index contributed by atoms with van der Waals surface area (Å²) in [6, 6.07) is 32.7. The van der Waals surface area contributed by atoms with Gasteiger partial charge in [-0.15, -0.1) is 0 Å². The Hall–Kier alpha value is -4.47. The van der Waals surface area contributed by atoms with Crippen molar-refractivity contribution >= 4 is 39.0 Å². The molecule has 222 valence electrons. The molecule has 1 heterocycles. The Morgan fingerprint density at radius 3 is 2.14 bits per heavy atom. The van der Waals surface area contributed by atoms with Gasteiger partial charge in [0, 0.05) is 29.6 Å². The van der Waals surface area contributed by atoms with E-state index in [2.05, 4.69) is 24.1 Å². The molecule has 43 heavy (non-hydrogen) atoms. The van der Waals surface area contributed by atoms with Crippen LogP contribution in [-0.4, -0.2) is 43.8 Å². The largest absolute Gasteiger partial charge is 0.456 e. The van der Waals surface area contributed by atoms with Crippen LogP contribution in [0.1, 0.15) is 37.4 Å². The molecule has 0 saturated carbocycles. The monoisotopic (exact) mass is 597 g/mol. The molecule has 0 bridgehead atoms. The standard InChI is InChI=1S/C34H35N3O5S/c1-25(2)37(28-12-5-3-6-13-28)29-19-17-27(18-20-29)35-33(38)24-42-34(39)23-32-31-16-10-9-11-26(31)21-22-36(32)43(40,41)30-14-7-4-8-15-30/h3-20,25,32H,21-24H2,1-2H3,(H,35,38). The molecule has 5 rings (SSSR count). The lowest BCUT2D eigenvalue weighted by Crippen LogP contribution is -2.41. The smallest absolute Gasteiger partial charge is 0.308 e. The van der Waals surface area contributed by atoms with E-state index in [9.17, 15) is 18.0 Å². The van der Waals surface area contributed by atoms with Crippen LogP contribution in [0.4, 0.5) is 17.1 Å². The van der Waals surface area contributed by atoms with E-state index in [0.717, 1.165) is 22.5 Å². The summed E-state index contributed by atoms with van der Waals surface area (Å²) in [7, 11) is -3.86. The first kappa shape index (κ1) is 30.0. The number of carbonyl (C=O) groups is 2. The summed E-state index contributed by atoms with van der Waals surface area (Å²) in [4.78, 5) is 28.0. The van der Waals surface area contributed by atoms with E-state index in [-0.39, 0.29) is 23.9 Å². The first-order valence-electron chi connectivity index (χ1n) is 14.3. The Morgan fingerprint density at radius 1 is 0.860 bits per heavy atom. The lowest BCUT2D eigenvalue weighted by Gasteiger charge is -2.36. The highest BCUT2D eigenvalue weighted by atomic mass is 32.2. The van der Waals surface area contributed by atoms with Gasteiger partial charge in [-0.3, -0.25) is 9.59 Å². The molecule has 0 aliphatic carbocycles. The highest BCUT2D eigenvalue weighted by Crippen LogP contribution is 2.36. The molecule has 0 saturated heterocycles. The van der Waals surface area contributed by atoms with E-state index in [1.165, 1.54) is 4.31 Å². The second-order valence-electron chi connectivity index (χ2n) is 10.7. The van der Waals surface area contributed by atoms with E-state index >= 15 is 0 Å². The fourth-order valence-corrected chi connectivity index (χ4v) is 7.08. The Morgan fingerprint density at radius 2 is 1.47 bits per heavy atom. The predicted molar refractivity (Wildman–Crippen MR) is 168 cm³/mol. The molecule has 0 radical (unpaired) electrons. The normalized spacial score (nSPS) is 15.0. The van der Waals surface area contributed by atoms with Crippen LogP contribution in [0.15, 0.2) is 114 Å². The van der Waals surface area contributed by atoms with Gasteiger partial charge in [-0.05, 0) is 79.9 Å². The van der Waals surface area contributed by atoms with Crippen LogP contribution < -0.4 is 10.2 Å². The van der Waals surface area contributed by atoms with Gasteiger partial charge in [0.05, 0.1) is 17.4 Å². The number of esters is 1. The van der Waals surface area contributed by atoms with Gasteiger partial charge in [0.25, 0.3) is 5.91 Å². The van der Waals surface area contributed by atoms with Gasteiger partial charge in [0.1, 0.15) is 0 Å². The van der Waals surface area contributed by atoms with Gasteiger partial charge >= 0.3 is 5.97 Å². The van der Waals surface area contributed by atoms with Crippen molar-refractivity contribution in [2.24, 2.45) is 0 Å². The minimum atomic E-state index is -3.86. The van der Waals surface area contributed by atoms with E-state index in [0.29, 0.717) is 12.1 Å². The van der Waals surface area contributed by atoms with Crippen molar-refractivity contribution < 1.29 is 22.7 Å². The van der Waals surface area contributed by atoms with Crippen molar-refractivity contribution in [2.45, 2.75) is 43.7 Å². The Labute approximate surface area is 253 Å². The van der Waals surface area contributed by atoms with Crippen molar-refractivity contribution in [1.29, 1.82) is 0 Å². The summed E-state index contributed by atoms with van der Waals surface area (Å²) >= 11 is 0. The van der Waals surface area contributed by atoms with Crippen LogP contribution in [0.2, 0.25) is 0 Å². The summed E-state index contributed by atoms with van der Waals surface area (Å²) in [6.45, 7) is 3.97. The van der Waals surface area contributed by atoms with Gasteiger partial charge in [-0.2, -0.15) is 4.31 Å². The number of nitrogens with zero attached hydrogens (tertiary/aromatic N) is 2. The Bertz CT molecular complexity index is 1660. The van der Waals surface area contributed by atoms with Gasteiger partial charge in [0.2, 0.25) is 10.0 Å². The number of carbonyl (C=O) groups excluding carboxylic acids is 2. The number of hydrogen-bond acceptors (Lipinski definition) is 6. The third kappa shape index (κ3) is 6.96. The van der Waals surface area contributed by atoms with Crippen molar-refractivity contribution in [2.75, 3.05) is 23.4 Å². The van der Waals surface area contributed by atoms with Crippen LogP contribution >= 0.6 is 0 Å². The summed E-state index contributed by atoms with van der Waals surface area (Å²) < 4.78 is 33.8. The topological polar surface area (TPSA) is 96.0 Å². The molecule has 0 spiro atoms. The molecule has 1 aliphatic heterocycles. The average molecular weight is 598 g/mol. The zero-order valence-corrected chi connectivity index (χ0v) is 25.0. The van der Waals surface area contributed by atoms with Crippen molar-refractivity contribution in [3.8, 4) is 0 Å². The number of sulfonamides is 1. The van der Waals surface area contributed by atoms with Crippen LogP contribution in [0, 0.1) is 0 Å². The first-order valence-corrected chi connectivity index (χ1v) is 15.7. The molecule has 9 heteroatoms. The molecule has 1 unspecified atom stereocenters. The average Bonchev–Trinajstić information content (AvgIpc) is 3.02. The Kier molecular flexibility index (Phi) is 9.23. The maximum Gasteiger partial charge on any atom is 0.308 e. The number of nitrogens with one attached hydrogen (secondary N) is 1. The quantitative estimate of drug-likeness (QED) is 0.222. The predicted octanol–water partition coefficient (Wildman–Crippen LogP) is 6.09. The van der Waals surface area contributed by atoms with Gasteiger partial charge in [-0.25, -0.2) is 8.42 Å². The highest BCUT2D eigenvalue weighted by Gasteiger charge is 2.37. The number of para-hydroxylation sites is 1. The summed E-state index contributed by atoms with van der Waals surface area (Å²) in [5.74, 6) is -1.14. The van der Waals surface area contributed by atoms with Crippen LogP contribution in [-0.2, 0) is 30.8 Å². The van der Waals surface area contributed by atoms with Crippen LogP contribution in [0.3, 0.4) is 0 Å². The highest BCUT2D eigenvalue weighted by molar-refractivity contribution is 7.89. The fourth-order valence-electron chi connectivity index (χ4n) is 5.46. The van der Waals surface area contributed by atoms with E-state index in [1.807, 2.05) is 66.7 Å². The number of amides is 1. The van der Waals surface area contributed by atoms with Crippen LogP contribution in [0.5, 0.6) is 0 Å². The zero-order valence-electron chi connectivity index (χ0n) is 24.2. The van der Waals surface area contributed by atoms with Crippen LogP contribution in [0.25, 0.3) is 0 Å². The zero-order chi connectivity index (χ0) is 30.4. The van der Waals surface area contributed by atoms with E-state index in [1.54, 1.807) is 42.5 Å². The molecule has 4 aromatic rings. The van der Waals surface area contributed by atoms with E-state index < -0.39 is 34.5 Å². The third-order valence-corrected chi connectivity index (χ3v) is 9.34. The number of rotatable bonds is 10. The molecular weight excluding hydrogens is 562 g/mol. The van der Waals surface area contributed by atoms with Gasteiger partial charge in [0.15, 0.2) is 6.61 Å². The number of ether oxygens (including phenoxy) is 1. The lowest BCUT2D eigenvalue weighted by atomic mass is 9.92. The molecule has 1 amide bonds. The molecule has 1 aliphatic rings. The van der Waals surface area contributed by atoms with Crippen molar-refractivity contribution in [3.63, 3.8) is 0 Å². The molecule has 8 nitrogen and oxygen atoms in total. The molecule has 1 N–H and O–H groups in total. The maximum atomic E-state index is 13.5. The molecule has 1 atom stereocenters. The maximum absolute atomic E-state index is 13.5. The minimum Gasteiger partial charge on any atom is -0.456 e. The number of anilines is 3. The molecule has 0 fully saturated rings. The second kappa shape index (κ2) is 13.2. The fraction of sp³-hybridized carbons (Fsp3) is 0.235. The first-order chi connectivity index (χ1) is 20.7. The van der Waals surface area contributed by atoms with E-state index in [4.69, 9.17) is 4.74 Å². The molecule has 0 aromatic heterocycles. The minimum absolute atomic E-state index is 0.165. The van der Waals surface area contributed by atoms with Crippen molar-refractivity contribution in [1.82, 2.24) is 4.31 Å². The summed E-state index contributed by atoms with van der Waals surface area (Å²) in [5, 5.41) is 2.77. The number of fused-ring (bicyclic) bond motifs is 1.